The molecule has 0 aliphatic carbocycles. The van der Waals surface area contributed by atoms with Crippen molar-refractivity contribution in [3.05, 3.63) is 92.1 Å². The molecule has 0 radical (unpaired) electrons. The normalized spacial score (nSPS) is 14.9. The number of halogens is 2. The lowest BCUT2D eigenvalue weighted by Gasteiger charge is -2.34. The molecular formula is C35H45F2N3O4S. The third kappa shape index (κ3) is 8.82. The zero-order chi connectivity index (χ0) is 32.3. The first-order valence-corrected chi connectivity index (χ1v) is 15.2. The Morgan fingerprint density at radius 3 is 2.24 bits per heavy atom. The van der Waals surface area contributed by atoms with E-state index >= 15 is 4.39 Å². The summed E-state index contributed by atoms with van der Waals surface area (Å²) in [5, 5.41) is 12.6. The molecule has 0 saturated carbocycles. The lowest BCUT2D eigenvalue weighted by Crippen LogP contribution is -2.49. The Bertz CT molecular complexity index is 1580. The maximum Gasteiger partial charge on any atom is 0.305 e. The maximum absolute atomic E-state index is 15.7. The summed E-state index contributed by atoms with van der Waals surface area (Å²) in [5.74, 6) is -2.31. The van der Waals surface area contributed by atoms with Crippen LogP contribution in [0.1, 0.15) is 72.2 Å². The first-order valence-electron chi connectivity index (χ1n) is 15.2. The number of nitrogens with zero attached hydrogens (tertiary/aromatic N) is 2. The lowest BCUT2D eigenvalue weighted by atomic mass is 9.89. The van der Waals surface area contributed by atoms with Crippen molar-refractivity contribution in [2.75, 3.05) is 19.6 Å². The number of aliphatic carboxylic acids is 1. The van der Waals surface area contributed by atoms with Crippen LogP contribution in [0, 0.1) is 39.4 Å². The molecule has 45 heavy (non-hydrogen) atoms. The van der Waals surface area contributed by atoms with E-state index in [2.05, 4.69) is 5.32 Å². The highest BCUT2D eigenvalue weighted by atomic mass is 32.1. The molecule has 1 aromatic heterocycles. The van der Waals surface area contributed by atoms with Crippen LogP contribution in [0.15, 0.2) is 47.4 Å². The van der Waals surface area contributed by atoms with Crippen LogP contribution < -0.4 is 10.9 Å². The topological polar surface area (TPSA) is 91.6 Å². The van der Waals surface area contributed by atoms with Crippen molar-refractivity contribution in [2.24, 2.45) is 5.92 Å². The average molecular weight is 642 g/mol. The highest BCUT2D eigenvalue weighted by Crippen LogP contribution is 2.34. The standard InChI is InChI=1S/C35H43F2N3O4.H2S/c1-20(2)11-30(40-17-25(7-8-31(40)41)9-10-39-18-27(36)19-39)35(44)38-29(16-32(42)43)28-15-26(14-24(6)34(28)37)33-22(4)12-21(3)13-23(33)5;/h7-8,12-15,17,20,27,29-30H,9-11,16,18-19H2,1-6H3,(H,38,44)(H,42,43);1H2/t29-,30?;/m0./s1. The van der Waals surface area contributed by atoms with Crippen LogP contribution in [0.2, 0.25) is 0 Å². The number of carboxylic acid groups (broad SMARTS) is 1. The summed E-state index contributed by atoms with van der Waals surface area (Å²) in [6.07, 6.45) is 1.21. The summed E-state index contributed by atoms with van der Waals surface area (Å²) in [6.45, 7) is 12.9. The Hall–Kier alpha value is -3.50. The van der Waals surface area contributed by atoms with E-state index in [-0.39, 0.29) is 30.5 Å². The maximum atomic E-state index is 15.7. The summed E-state index contributed by atoms with van der Waals surface area (Å²) in [7, 11) is 0. The second-order valence-corrected chi connectivity index (χ2v) is 12.7. The fraction of sp³-hybridized carbons (Fsp3) is 0.457. The second-order valence-electron chi connectivity index (χ2n) is 12.7. The molecule has 0 bridgehead atoms. The Balaban J connectivity index is 0.00000552. The molecule has 7 nitrogen and oxygen atoms in total. The molecule has 1 unspecified atom stereocenters. The van der Waals surface area contributed by atoms with Gasteiger partial charge in [-0.25, -0.2) is 8.78 Å². The van der Waals surface area contributed by atoms with Crippen LogP contribution in [0.4, 0.5) is 8.78 Å². The van der Waals surface area contributed by atoms with Crippen LogP contribution in [-0.4, -0.2) is 52.3 Å². The summed E-state index contributed by atoms with van der Waals surface area (Å²) >= 11 is 0. The van der Waals surface area contributed by atoms with Gasteiger partial charge in [-0.05, 0) is 92.0 Å². The van der Waals surface area contributed by atoms with Gasteiger partial charge < -0.3 is 15.0 Å². The number of carbonyl (C=O) groups is 2. The number of carboxylic acids is 1. The van der Waals surface area contributed by atoms with E-state index in [1.165, 1.54) is 10.6 Å². The molecule has 0 spiro atoms. The minimum absolute atomic E-state index is 0. The van der Waals surface area contributed by atoms with Gasteiger partial charge in [-0.15, -0.1) is 0 Å². The summed E-state index contributed by atoms with van der Waals surface area (Å²) in [4.78, 5) is 40.9. The van der Waals surface area contributed by atoms with Crippen molar-refractivity contribution in [3.8, 4) is 11.1 Å². The summed E-state index contributed by atoms with van der Waals surface area (Å²) in [5.41, 5.74) is 5.67. The molecule has 4 rings (SSSR count). The van der Waals surface area contributed by atoms with E-state index in [1.54, 1.807) is 31.3 Å². The number of likely N-dealkylation sites (tertiary alicyclic amines) is 1. The van der Waals surface area contributed by atoms with Gasteiger partial charge in [-0.1, -0.05) is 37.6 Å². The molecule has 2 heterocycles. The zero-order valence-electron chi connectivity index (χ0n) is 26.9. The van der Waals surface area contributed by atoms with Crippen molar-refractivity contribution in [1.82, 2.24) is 14.8 Å². The van der Waals surface area contributed by atoms with E-state index in [9.17, 15) is 23.9 Å². The summed E-state index contributed by atoms with van der Waals surface area (Å²) < 4.78 is 30.4. The number of rotatable bonds is 12. The van der Waals surface area contributed by atoms with Crippen molar-refractivity contribution in [2.45, 2.75) is 79.1 Å². The van der Waals surface area contributed by atoms with Gasteiger partial charge in [0.05, 0.1) is 12.5 Å². The minimum atomic E-state index is -1.19. The monoisotopic (exact) mass is 641 g/mol. The fourth-order valence-corrected chi connectivity index (χ4v) is 6.22. The molecule has 1 amide bonds. The van der Waals surface area contributed by atoms with E-state index in [4.69, 9.17) is 0 Å². The van der Waals surface area contributed by atoms with Gasteiger partial charge in [-0.2, -0.15) is 13.5 Å². The van der Waals surface area contributed by atoms with Gasteiger partial charge in [0.25, 0.3) is 5.56 Å². The number of pyridine rings is 1. The van der Waals surface area contributed by atoms with Crippen molar-refractivity contribution < 1.29 is 23.5 Å². The second kappa shape index (κ2) is 15.2. The largest absolute Gasteiger partial charge is 0.481 e. The fourth-order valence-electron chi connectivity index (χ4n) is 6.22. The lowest BCUT2D eigenvalue weighted by molar-refractivity contribution is -0.138. The molecule has 1 fully saturated rings. The van der Waals surface area contributed by atoms with Gasteiger partial charge in [0.1, 0.15) is 18.0 Å². The Kier molecular flexibility index (Phi) is 12.1. The van der Waals surface area contributed by atoms with Crippen molar-refractivity contribution in [1.29, 1.82) is 0 Å². The van der Waals surface area contributed by atoms with Crippen LogP contribution in [-0.2, 0) is 16.0 Å². The molecule has 10 heteroatoms. The Morgan fingerprint density at radius 1 is 1.02 bits per heavy atom. The number of amides is 1. The number of hydrogen-bond donors (Lipinski definition) is 2. The van der Waals surface area contributed by atoms with E-state index in [1.807, 2.05) is 51.7 Å². The van der Waals surface area contributed by atoms with Crippen molar-refractivity contribution >= 4 is 25.4 Å². The number of carbonyl (C=O) groups excluding carboxylic acids is 1. The number of hydrogen-bond acceptors (Lipinski definition) is 4. The van der Waals surface area contributed by atoms with Crippen molar-refractivity contribution in [3.63, 3.8) is 0 Å². The van der Waals surface area contributed by atoms with Crippen LogP contribution in [0.25, 0.3) is 11.1 Å². The smallest absolute Gasteiger partial charge is 0.305 e. The first-order chi connectivity index (χ1) is 20.7. The van der Waals surface area contributed by atoms with Gasteiger partial charge in [0, 0.05) is 37.5 Å². The molecule has 2 atom stereocenters. The van der Waals surface area contributed by atoms with E-state index in [0.29, 0.717) is 38.0 Å². The average Bonchev–Trinajstić information content (AvgIpc) is 2.90. The number of nitrogens with one attached hydrogen (secondary N) is 1. The zero-order valence-corrected chi connectivity index (χ0v) is 27.9. The quantitative estimate of drug-likeness (QED) is 0.249. The first kappa shape index (κ1) is 36.0. The highest BCUT2D eigenvalue weighted by Gasteiger charge is 2.30. The molecule has 2 aromatic carbocycles. The third-order valence-electron chi connectivity index (χ3n) is 8.28. The molecule has 1 saturated heterocycles. The molecule has 1 aliphatic heterocycles. The SMILES string of the molecule is Cc1cc(C)c(-c2cc(C)c(F)c([C@H](CC(=O)O)NC(=O)C(CC(C)C)n3cc(CCN4CC(F)C4)ccc3=O)c2)c(C)c1.S. The molecular weight excluding hydrogens is 596 g/mol. The number of benzene rings is 2. The molecule has 1 aliphatic rings. The molecule has 244 valence electrons. The minimum Gasteiger partial charge on any atom is -0.481 e. The van der Waals surface area contributed by atoms with Gasteiger partial charge in [0.2, 0.25) is 5.91 Å². The predicted molar refractivity (Wildman–Crippen MR) is 179 cm³/mol. The summed E-state index contributed by atoms with van der Waals surface area (Å²) in [6, 6.07) is 8.47. The highest BCUT2D eigenvalue weighted by molar-refractivity contribution is 7.59. The predicted octanol–water partition coefficient (Wildman–Crippen LogP) is 6.12. The third-order valence-corrected chi connectivity index (χ3v) is 8.28. The van der Waals surface area contributed by atoms with Gasteiger partial charge >= 0.3 is 5.97 Å². The van der Waals surface area contributed by atoms with Crippen LogP contribution >= 0.6 is 13.5 Å². The van der Waals surface area contributed by atoms with Gasteiger partial charge in [-0.3, -0.25) is 19.3 Å². The Labute approximate surface area is 271 Å². The van der Waals surface area contributed by atoms with Crippen LogP contribution in [0.5, 0.6) is 0 Å². The number of aromatic nitrogens is 1. The van der Waals surface area contributed by atoms with E-state index in [0.717, 1.165) is 33.4 Å². The number of alkyl halides is 1. The van der Waals surface area contributed by atoms with E-state index < -0.39 is 42.4 Å². The number of aryl methyl sites for hydroxylation is 4. The molecule has 3 aromatic rings. The van der Waals surface area contributed by atoms with Gasteiger partial charge in [0.15, 0.2) is 0 Å². The van der Waals surface area contributed by atoms with Crippen LogP contribution in [0.3, 0.4) is 0 Å². The Morgan fingerprint density at radius 2 is 1.67 bits per heavy atom. The molecule has 2 N–H and O–H groups in total.